The summed E-state index contributed by atoms with van der Waals surface area (Å²) in [5.41, 5.74) is 2.63. The molecule has 0 aliphatic carbocycles. The molecule has 0 fully saturated rings. The predicted molar refractivity (Wildman–Crippen MR) is 48.4 cm³/mol. The average Bonchev–Trinajstić information content (AvgIpc) is 1.87. The summed E-state index contributed by atoms with van der Waals surface area (Å²) in [6, 6.07) is 0. The Bertz CT molecular complexity index is 215. The molecule has 1 nitrogen and oxygen atoms in total. The van der Waals surface area contributed by atoms with Crippen LogP contribution in [0.15, 0.2) is 35.5 Å². The van der Waals surface area contributed by atoms with Crippen molar-refractivity contribution in [2.75, 3.05) is 0 Å². The highest BCUT2D eigenvalue weighted by Gasteiger charge is 1.91. The van der Waals surface area contributed by atoms with Gasteiger partial charge in [0.05, 0.1) is 0 Å². The fourth-order valence-corrected chi connectivity index (χ4v) is 0.539. The van der Waals surface area contributed by atoms with E-state index in [-0.39, 0.29) is 0 Å². The van der Waals surface area contributed by atoms with Gasteiger partial charge in [0.1, 0.15) is 6.29 Å². The van der Waals surface area contributed by atoms with E-state index < -0.39 is 0 Å². The summed E-state index contributed by atoms with van der Waals surface area (Å²) < 4.78 is 0. The minimum Gasteiger partial charge on any atom is -0.298 e. The number of rotatable bonds is 3. The van der Waals surface area contributed by atoms with Gasteiger partial charge in [0, 0.05) is 5.57 Å². The minimum atomic E-state index is 0.659. The maximum absolute atomic E-state index is 10.4. The van der Waals surface area contributed by atoms with E-state index in [4.69, 9.17) is 0 Å². The molecule has 11 heavy (non-hydrogen) atoms. The Hall–Kier alpha value is -1.11. The van der Waals surface area contributed by atoms with E-state index >= 15 is 0 Å². The second kappa shape index (κ2) is 4.67. The first kappa shape index (κ1) is 9.89. The highest BCUT2D eigenvalue weighted by Crippen LogP contribution is 2.03. The normalized spacial score (nSPS) is 10.6. The molecule has 0 saturated heterocycles. The first-order valence-corrected chi connectivity index (χ1v) is 3.54. The van der Waals surface area contributed by atoms with Gasteiger partial charge < -0.3 is 0 Å². The lowest BCUT2D eigenvalue weighted by molar-refractivity contribution is -0.104. The summed E-state index contributed by atoms with van der Waals surface area (Å²) in [5.74, 6) is 0. The zero-order valence-electron chi connectivity index (χ0n) is 7.35. The molecular weight excluding hydrogens is 136 g/mol. The van der Waals surface area contributed by atoms with E-state index in [2.05, 4.69) is 6.58 Å². The zero-order chi connectivity index (χ0) is 8.85. The molecule has 0 radical (unpaired) electrons. The average molecular weight is 150 g/mol. The number of hydrogen-bond acceptors (Lipinski definition) is 1. The fourth-order valence-electron chi connectivity index (χ4n) is 0.539. The summed E-state index contributed by atoms with van der Waals surface area (Å²) in [6.07, 6.45) is 4.50. The van der Waals surface area contributed by atoms with E-state index in [1.807, 2.05) is 26.8 Å². The Morgan fingerprint density at radius 2 is 1.73 bits per heavy atom. The van der Waals surface area contributed by atoms with Crippen LogP contribution in [-0.2, 0) is 4.79 Å². The molecule has 0 saturated carbocycles. The van der Waals surface area contributed by atoms with Crippen molar-refractivity contribution >= 4 is 6.29 Å². The number of carbonyl (C=O) groups is 1. The molecule has 0 spiro atoms. The molecule has 0 amide bonds. The number of hydrogen-bond donors (Lipinski definition) is 0. The molecule has 0 N–H and O–H groups in total. The molecule has 0 aliphatic heterocycles. The molecule has 0 aromatic rings. The van der Waals surface area contributed by atoms with Crippen LogP contribution in [0.3, 0.4) is 0 Å². The van der Waals surface area contributed by atoms with Crippen LogP contribution in [0.25, 0.3) is 0 Å². The summed E-state index contributed by atoms with van der Waals surface area (Å²) in [7, 11) is 0. The third-order valence-corrected chi connectivity index (χ3v) is 1.22. The lowest BCUT2D eigenvalue weighted by Crippen LogP contribution is -1.83. The van der Waals surface area contributed by atoms with Gasteiger partial charge in [0.15, 0.2) is 0 Å². The number of aldehydes is 1. The van der Waals surface area contributed by atoms with Gasteiger partial charge in [-0.25, -0.2) is 0 Å². The van der Waals surface area contributed by atoms with Gasteiger partial charge in [0.2, 0.25) is 0 Å². The van der Waals surface area contributed by atoms with Crippen LogP contribution in [0.1, 0.15) is 20.8 Å². The van der Waals surface area contributed by atoms with Crippen LogP contribution in [0.4, 0.5) is 0 Å². The highest BCUT2D eigenvalue weighted by atomic mass is 16.1. The highest BCUT2D eigenvalue weighted by molar-refractivity contribution is 5.80. The van der Waals surface area contributed by atoms with Crippen molar-refractivity contribution in [3.63, 3.8) is 0 Å². The summed E-state index contributed by atoms with van der Waals surface area (Å²) >= 11 is 0. The second-order valence-electron chi connectivity index (χ2n) is 2.76. The van der Waals surface area contributed by atoms with Crippen molar-refractivity contribution in [3.05, 3.63) is 35.5 Å². The summed E-state index contributed by atoms with van der Waals surface area (Å²) in [4.78, 5) is 10.4. The Kier molecular flexibility index (Phi) is 4.20. The van der Waals surface area contributed by atoms with Crippen LogP contribution < -0.4 is 0 Å². The topological polar surface area (TPSA) is 17.1 Å². The van der Waals surface area contributed by atoms with E-state index in [1.54, 1.807) is 6.08 Å². The Morgan fingerprint density at radius 1 is 1.18 bits per heavy atom. The van der Waals surface area contributed by atoms with Crippen LogP contribution in [0.5, 0.6) is 0 Å². The predicted octanol–water partition coefficient (Wildman–Crippen LogP) is 2.65. The van der Waals surface area contributed by atoms with Gasteiger partial charge >= 0.3 is 0 Å². The SMILES string of the molecule is C=C(C)C(C=O)=CC=C(C)C. The molecule has 0 aromatic heterocycles. The van der Waals surface area contributed by atoms with Crippen molar-refractivity contribution in [1.29, 1.82) is 0 Å². The smallest absolute Gasteiger partial charge is 0.150 e. The van der Waals surface area contributed by atoms with Gasteiger partial charge in [-0.2, -0.15) is 0 Å². The van der Waals surface area contributed by atoms with Crippen LogP contribution in [0, 0.1) is 0 Å². The van der Waals surface area contributed by atoms with Gasteiger partial charge in [-0.3, -0.25) is 4.79 Å². The van der Waals surface area contributed by atoms with Crippen molar-refractivity contribution < 1.29 is 4.79 Å². The molecular formula is C10H14O. The molecule has 0 aliphatic rings. The first-order chi connectivity index (χ1) is 5.07. The molecule has 60 valence electrons. The Morgan fingerprint density at radius 3 is 2.00 bits per heavy atom. The maximum Gasteiger partial charge on any atom is 0.150 e. The van der Waals surface area contributed by atoms with Crippen molar-refractivity contribution in [1.82, 2.24) is 0 Å². The monoisotopic (exact) mass is 150 g/mol. The zero-order valence-corrected chi connectivity index (χ0v) is 7.35. The van der Waals surface area contributed by atoms with Gasteiger partial charge in [0.25, 0.3) is 0 Å². The van der Waals surface area contributed by atoms with Crippen molar-refractivity contribution in [2.45, 2.75) is 20.8 Å². The van der Waals surface area contributed by atoms with E-state index in [9.17, 15) is 4.79 Å². The third-order valence-electron chi connectivity index (χ3n) is 1.22. The molecule has 1 heteroatoms. The lowest BCUT2D eigenvalue weighted by Gasteiger charge is -1.93. The van der Waals surface area contributed by atoms with Crippen LogP contribution >= 0.6 is 0 Å². The van der Waals surface area contributed by atoms with Gasteiger partial charge in [-0.15, -0.1) is 0 Å². The van der Waals surface area contributed by atoms with Crippen molar-refractivity contribution in [2.24, 2.45) is 0 Å². The second-order valence-corrected chi connectivity index (χ2v) is 2.76. The Balaban J connectivity index is 4.50. The lowest BCUT2D eigenvalue weighted by atomic mass is 10.1. The van der Waals surface area contributed by atoms with Crippen LogP contribution in [0.2, 0.25) is 0 Å². The van der Waals surface area contributed by atoms with E-state index in [0.29, 0.717) is 5.57 Å². The van der Waals surface area contributed by atoms with E-state index in [0.717, 1.165) is 11.9 Å². The first-order valence-electron chi connectivity index (χ1n) is 3.54. The quantitative estimate of drug-likeness (QED) is 0.343. The van der Waals surface area contributed by atoms with Gasteiger partial charge in [-0.1, -0.05) is 24.3 Å². The minimum absolute atomic E-state index is 0.659. The number of allylic oxidation sites excluding steroid dienone is 5. The molecule has 0 bridgehead atoms. The maximum atomic E-state index is 10.4. The molecule has 0 unspecified atom stereocenters. The summed E-state index contributed by atoms with van der Waals surface area (Å²) in [5, 5.41) is 0. The Labute approximate surface area is 68.1 Å². The molecule has 0 atom stereocenters. The molecule has 0 aromatic carbocycles. The largest absolute Gasteiger partial charge is 0.298 e. The fraction of sp³-hybridized carbons (Fsp3) is 0.300. The third kappa shape index (κ3) is 4.31. The van der Waals surface area contributed by atoms with E-state index in [1.165, 1.54) is 5.57 Å². The summed E-state index contributed by atoms with van der Waals surface area (Å²) in [6.45, 7) is 9.46. The number of carbonyl (C=O) groups excluding carboxylic acids is 1. The van der Waals surface area contributed by atoms with Crippen molar-refractivity contribution in [3.8, 4) is 0 Å². The molecule has 0 heterocycles. The van der Waals surface area contributed by atoms with Crippen LogP contribution in [-0.4, -0.2) is 6.29 Å². The molecule has 0 rings (SSSR count). The standard InChI is InChI=1S/C10H14O/c1-8(2)5-6-10(7-11)9(3)4/h5-7H,3H2,1-2,4H3. The van der Waals surface area contributed by atoms with Gasteiger partial charge in [-0.05, 0) is 26.3 Å².